The molecule has 7 heteroatoms. The van der Waals surface area contributed by atoms with Crippen LogP contribution in [0, 0.1) is 11.3 Å². The number of nitrogens with zero attached hydrogens (tertiary/aromatic N) is 3. The molecule has 1 aliphatic heterocycles. The highest BCUT2D eigenvalue weighted by Crippen LogP contribution is 2.23. The lowest BCUT2D eigenvalue weighted by Crippen LogP contribution is -2.28. The van der Waals surface area contributed by atoms with E-state index in [0.29, 0.717) is 34.0 Å². The fourth-order valence-electron chi connectivity index (χ4n) is 2.75. The van der Waals surface area contributed by atoms with E-state index < -0.39 is 0 Å². The molecular weight excluding hydrogens is 346 g/mol. The molecule has 0 radical (unpaired) electrons. The molecular formula is C17H18ClN3O2S. The zero-order valence-corrected chi connectivity index (χ0v) is 14.8. The molecule has 0 aliphatic carbocycles. The Labute approximate surface area is 149 Å². The summed E-state index contributed by atoms with van der Waals surface area (Å²) >= 11 is 7.54. The van der Waals surface area contributed by atoms with E-state index in [1.54, 1.807) is 22.8 Å². The molecule has 1 aromatic carbocycles. The minimum Gasteiger partial charge on any atom is -0.376 e. The second kappa shape index (κ2) is 8.02. The van der Waals surface area contributed by atoms with Crippen molar-refractivity contribution in [2.75, 3.05) is 12.4 Å². The van der Waals surface area contributed by atoms with E-state index in [9.17, 15) is 4.79 Å². The Morgan fingerprint density at radius 1 is 1.50 bits per heavy atom. The summed E-state index contributed by atoms with van der Waals surface area (Å²) in [5, 5.41) is 10.5. The molecule has 1 atom stereocenters. The summed E-state index contributed by atoms with van der Waals surface area (Å²) in [5.74, 6) is 0.748. The van der Waals surface area contributed by atoms with Crippen LogP contribution in [0.2, 0.25) is 5.02 Å². The van der Waals surface area contributed by atoms with Gasteiger partial charge < -0.3 is 4.74 Å². The van der Waals surface area contributed by atoms with Gasteiger partial charge in [-0.3, -0.25) is 9.36 Å². The summed E-state index contributed by atoms with van der Waals surface area (Å²) in [6.07, 6.45) is 3.32. The smallest absolute Gasteiger partial charge is 0.262 e. The first kappa shape index (κ1) is 17.3. The van der Waals surface area contributed by atoms with Gasteiger partial charge in [0.2, 0.25) is 0 Å². The van der Waals surface area contributed by atoms with Crippen LogP contribution < -0.4 is 5.56 Å². The summed E-state index contributed by atoms with van der Waals surface area (Å²) in [4.78, 5) is 17.5. The molecule has 0 N–H and O–H groups in total. The largest absolute Gasteiger partial charge is 0.376 e. The molecule has 0 bridgehead atoms. The van der Waals surface area contributed by atoms with Crippen LogP contribution in [0.25, 0.3) is 10.9 Å². The quantitative estimate of drug-likeness (QED) is 0.445. The van der Waals surface area contributed by atoms with Crippen molar-refractivity contribution in [1.29, 1.82) is 5.26 Å². The van der Waals surface area contributed by atoms with Crippen molar-refractivity contribution >= 4 is 34.3 Å². The molecule has 2 aromatic rings. The first-order valence-electron chi connectivity index (χ1n) is 8.00. The monoisotopic (exact) mass is 363 g/mol. The number of aromatic nitrogens is 2. The van der Waals surface area contributed by atoms with Crippen molar-refractivity contribution in [3.8, 4) is 6.07 Å². The Morgan fingerprint density at radius 3 is 3.12 bits per heavy atom. The number of hydrogen-bond donors (Lipinski definition) is 0. The van der Waals surface area contributed by atoms with Crippen LogP contribution in [0.4, 0.5) is 0 Å². The average molecular weight is 364 g/mol. The van der Waals surface area contributed by atoms with Crippen LogP contribution in [0.5, 0.6) is 0 Å². The SMILES string of the molecule is N#CCCCSc1nc2cc(Cl)ccc2c(=O)n1C[C@H]1CCCO1. The van der Waals surface area contributed by atoms with Gasteiger partial charge >= 0.3 is 0 Å². The van der Waals surface area contributed by atoms with Crippen LogP contribution in [-0.4, -0.2) is 28.0 Å². The number of unbranched alkanes of at least 4 members (excludes halogenated alkanes) is 1. The third-order valence-electron chi connectivity index (χ3n) is 3.96. The van der Waals surface area contributed by atoms with Gasteiger partial charge in [0, 0.05) is 23.8 Å². The average Bonchev–Trinajstić information content (AvgIpc) is 3.08. The lowest BCUT2D eigenvalue weighted by atomic mass is 10.2. The van der Waals surface area contributed by atoms with Crippen molar-refractivity contribution in [3.63, 3.8) is 0 Å². The summed E-state index contributed by atoms with van der Waals surface area (Å²) < 4.78 is 7.39. The number of halogens is 1. The van der Waals surface area contributed by atoms with Crippen molar-refractivity contribution < 1.29 is 4.74 Å². The zero-order chi connectivity index (χ0) is 16.9. The van der Waals surface area contributed by atoms with Gasteiger partial charge in [-0.15, -0.1) is 0 Å². The molecule has 1 aromatic heterocycles. The maximum atomic E-state index is 12.9. The van der Waals surface area contributed by atoms with E-state index in [1.165, 1.54) is 11.8 Å². The van der Waals surface area contributed by atoms with Crippen LogP contribution in [0.15, 0.2) is 28.2 Å². The summed E-state index contributed by atoms with van der Waals surface area (Å²) in [5.41, 5.74) is 0.550. The summed E-state index contributed by atoms with van der Waals surface area (Å²) in [6.45, 7) is 1.27. The Hall–Kier alpha value is -1.55. The number of rotatable bonds is 6. The highest BCUT2D eigenvalue weighted by molar-refractivity contribution is 7.99. The fourth-order valence-corrected chi connectivity index (χ4v) is 3.87. The number of benzene rings is 1. The second-order valence-electron chi connectivity index (χ2n) is 5.72. The zero-order valence-electron chi connectivity index (χ0n) is 13.2. The number of thioether (sulfide) groups is 1. The molecule has 0 saturated carbocycles. The molecule has 1 fully saturated rings. The Balaban J connectivity index is 1.96. The lowest BCUT2D eigenvalue weighted by Gasteiger charge is -2.16. The molecule has 0 amide bonds. The van der Waals surface area contributed by atoms with Gasteiger partial charge in [-0.2, -0.15) is 5.26 Å². The molecule has 0 unspecified atom stereocenters. The van der Waals surface area contributed by atoms with Gasteiger partial charge in [0.25, 0.3) is 5.56 Å². The van der Waals surface area contributed by atoms with E-state index in [1.807, 2.05) is 0 Å². The normalized spacial score (nSPS) is 17.2. The fraction of sp³-hybridized carbons (Fsp3) is 0.471. The topological polar surface area (TPSA) is 67.9 Å². The van der Waals surface area contributed by atoms with E-state index >= 15 is 0 Å². The third kappa shape index (κ3) is 3.92. The Bertz CT molecular complexity index is 825. The molecule has 5 nitrogen and oxygen atoms in total. The maximum Gasteiger partial charge on any atom is 0.262 e. The first-order chi connectivity index (χ1) is 11.7. The standard InChI is InChI=1S/C17H18ClN3O2S/c18-12-5-6-14-15(10-12)20-17(24-9-2-1-7-19)21(16(14)22)11-13-4-3-8-23-13/h5-6,10,13H,1-4,8-9,11H2/t13-/m1/s1. The molecule has 24 heavy (non-hydrogen) atoms. The maximum absolute atomic E-state index is 12.9. The Morgan fingerprint density at radius 2 is 2.38 bits per heavy atom. The van der Waals surface area contributed by atoms with Crippen LogP contribution >= 0.6 is 23.4 Å². The number of nitriles is 1. The van der Waals surface area contributed by atoms with E-state index in [0.717, 1.165) is 31.6 Å². The van der Waals surface area contributed by atoms with Crippen molar-refractivity contribution in [1.82, 2.24) is 9.55 Å². The van der Waals surface area contributed by atoms with Gasteiger partial charge in [-0.1, -0.05) is 23.4 Å². The van der Waals surface area contributed by atoms with Crippen molar-refractivity contribution in [2.45, 2.75) is 43.5 Å². The first-order valence-corrected chi connectivity index (χ1v) is 9.37. The van der Waals surface area contributed by atoms with Gasteiger partial charge in [-0.05, 0) is 37.5 Å². The van der Waals surface area contributed by atoms with Gasteiger partial charge in [0.15, 0.2) is 5.16 Å². The predicted octanol–water partition coefficient (Wildman–Crippen LogP) is 3.62. The van der Waals surface area contributed by atoms with E-state index in [2.05, 4.69) is 11.1 Å². The highest BCUT2D eigenvalue weighted by Gasteiger charge is 2.20. The van der Waals surface area contributed by atoms with Crippen LogP contribution in [-0.2, 0) is 11.3 Å². The summed E-state index contributed by atoms with van der Waals surface area (Å²) in [6, 6.07) is 7.29. The minimum atomic E-state index is -0.0602. The predicted molar refractivity (Wildman–Crippen MR) is 95.6 cm³/mol. The molecule has 1 saturated heterocycles. The number of hydrogen-bond acceptors (Lipinski definition) is 5. The lowest BCUT2D eigenvalue weighted by molar-refractivity contribution is 0.0937. The number of fused-ring (bicyclic) bond motifs is 1. The summed E-state index contributed by atoms with van der Waals surface area (Å²) in [7, 11) is 0. The Kier molecular flexibility index (Phi) is 5.77. The van der Waals surface area contributed by atoms with Gasteiger partial charge in [0.1, 0.15) is 0 Å². The van der Waals surface area contributed by atoms with E-state index in [4.69, 9.17) is 21.6 Å². The second-order valence-corrected chi connectivity index (χ2v) is 7.22. The molecule has 3 rings (SSSR count). The van der Waals surface area contributed by atoms with Crippen molar-refractivity contribution in [2.24, 2.45) is 0 Å². The van der Waals surface area contributed by atoms with E-state index in [-0.39, 0.29) is 11.7 Å². The van der Waals surface area contributed by atoms with Gasteiger partial charge in [0.05, 0.1) is 29.6 Å². The van der Waals surface area contributed by atoms with Gasteiger partial charge in [-0.25, -0.2) is 4.98 Å². The number of ether oxygens (including phenoxy) is 1. The minimum absolute atomic E-state index is 0.0602. The van der Waals surface area contributed by atoms with Crippen LogP contribution in [0.3, 0.4) is 0 Å². The van der Waals surface area contributed by atoms with Crippen LogP contribution in [0.1, 0.15) is 25.7 Å². The highest BCUT2D eigenvalue weighted by atomic mass is 35.5. The van der Waals surface area contributed by atoms with Crippen molar-refractivity contribution in [3.05, 3.63) is 33.6 Å². The molecule has 1 aliphatic rings. The molecule has 126 valence electrons. The molecule has 0 spiro atoms. The molecule has 2 heterocycles. The third-order valence-corrected chi connectivity index (χ3v) is 5.25.